The van der Waals surface area contributed by atoms with Gasteiger partial charge in [0.25, 0.3) is 0 Å². The van der Waals surface area contributed by atoms with Crippen LogP contribution in [0.1, 0.15) is 38.8 Å². The number of benzene rings is 2. The van der Waals surface area contributed by atoms with Crippen molar-refractivity contribution in [1.29, 1.82) is 0 Å². The number of nitrogens with zero attached hydrogens (tertiary/aromatic N) is 2. The van der Waals surface area contributed by atoms with E-state index in [9.17, 15) is 14.4 Å². The van der Waals surface area contributed by atoms with E-state index >= 15 is 0 Å². The number of imidazole rings is 1. The molecule has 1 amide bonds. The Labute approximate surface area is 166 Å². The van der Waals surface area contributed by atoms with Crippen molar-refractivity contribution in [3.8, 4) is 0 Å². The van der Waals surface area contributed by atoms with Gasteiger partial charge in [0.2, 0.25) is 5.91 Å². The Morgan fingerprint density at radius 1 is 1.04 bits per heavy atom. The van der Waals surface area contributed by atoms with Gasteiger partial charge >= 0.3 is 0 Å². The van der Waals surface area contributed by atoms with Crippen LogP contribution < -0.4 is 5.32 Å². The van der Waals surface area contributed by atoms with Gasteiger partial charge in [0.15, 0.2) is 16.7 Å². The van der Waals surface area contributed by atoms with Gasteiger partial charge in [-0.15, -0.1) is 0 Å². The van der Waals surface area contributed by atoms with E-state index in [1.165, 1.54) is 11.8 Å². The zero-order valence-corrected chi connectivity index (χ0v) is 16.0. The molecule has 1 aliphatic carbocycles. The van der Waals surface area contributed by atoms with Crippen LogP contribution >= 0.6 is 11.8 Å². The van der Waals surface area contributed by atoms with Gasteiger partial charge in [-0.2, -0.15) is 0 Å². The first kappa shape index (κ1) is 18.2. The molecule has 28 heavy (non-hydrogen) atoms. The lowest BCUT2D eigenvalue weighted by molar-refractivity contribution is -0.113. The Morgan fingerprint density at radius 3 is 2.43 bits per heavy atom. The van der Waals surface area contributed by atoms with Gasteiger partial charge in [-0.3, -0.25) is 14.4 Å². The maximum absolute atomic E-state index is 12.8. The maximum Gasteiger partial charge on any atom is 0.234 e. The minimum absolute atomic E-state index is 0.176. The van der Waals surface area contributed by atoms with Crippen LogP contribution in [0.5, 0.6) is 0 Å². The highest BCUT2D eigenvalue weighted by atomic mass is 32.2. The van der Waals surface area contributed by atoms with Crippen molar-refractivity contribution in [3.63, 3.8) is 0 Å². The number of hydrogen-bond donors (Lipinski definition) is 1. The molecular formula is C21H17N3O3S. The largest absolute Gasteiger partial charge is 0.326 e. The second-order valence-electron chi connectivity index (χ2n) is 6.30. The fourth-order valence-electron chi connectivity index (χ4n) is 3.18. The fourth-order valence-corrected chi connectivity index (χ4v) is 4.00. The molecule has 4 rings (SSSR count). The summed E-state index contributed by atoms with van der Waals surface area (Å²) >= 11 is 1.34. The van der Waals surface area contributed by atoms with Crippen LogP contribution in [0.4, 0.5) is 5.69 Å². The molecule has 0 fully saturated rings. The highest BCUT2D eigenvalue weighted by Crippen LogP contribution is 2.29. The van der Waals surface area contributed by atoms with Crippen LogP contribution in [-0.2, 0) is 11.3 Å². The average molecular weight is 391 g/mol. The first-order chi connectivity index (χ1) is 13.6. The number of hydrogen-bond acceptors (Lipinski definition) is 5. The summed E-state index contributed by atoms with van der Waals surface area (Å²) in [5.41, 5.74) is 1.98. The molecule has 0 saturated carbocycles. The van der Waals surface area contributed by atoms with E-state index in [1.54, 1.807) is 48.7 Å². The molecule has 1 N–H and O–H groups in total. The van der Waals surface area contributed by atoms with Gasteiger partial charge in [-0.05, 0) is 25.1 Å². The Kier molecular flexibility index (Phi) is 4.83. The van der Waals surface area contributed by atoms with Crippen molar-refractivity contribution in [3.05, 3.63) is 77.1 Å². The minimum Gasteiger partial charge on any atom is -0.326 e. The molecule has 0 unspecified atom stereocenters. The number of fused-ring (bicyclic) bond motifs is 2. The number of rotatable bonds is 5. The normalized spacial score (nSPS) is 12.5. The first-order valence-electron chi connectivity index (χ1n) is 8.84. The number of nitrogens with one attached hydrogen (secondary N) is 1. The van der Waals surface area contributed by atoms with Crippen LogP contribution in [0.25, 0.3) is 0 Å². The molecule has 0 saturated heterocycles. The van der Waals surface area contributed by atoms with E-state index in [-0.39, 0.29) is 23.2 Å². The second-order valence-corrected chi connectivity index (χ2v) is 7.24. The van der Waals surface area contributed by atoms with E-state index in [0.29, 0.717) is 27.9 Å². The van der Waals surface area contributed by atoms with Crippen LogP contribution in [0.3, 0.4) is 0 Å². The maximum atomic E-state index is 12.8. The Bertz CT molecular complexity index is 1100. The van der Waals surface area contributed by atoms with Crippen molar-refractivity contribution in [2.24, 2.45) is 0 Å². The summed E-state index contributed by atoms with van der Waals surface area (Å²) in [6.45, 7) is 2.79. The number of carbonyl (C=O) groups is 3. The van der Waals surface area contributed by atoms with E-state index < -0.39 is 0 Å². The SMILES string of the molecule is CCn1ccnc1SCC(=O)Nc1ccc2c(c1)C(=O)c1ccccc1C2=O. The van der Waals surface area contributed by atoms with Crippen LogP contribution in [0.15, 0.2) is 60.0 Å². The molecule has 1 aliphatic rings. The van der Waals surface area contributed by atoms with E-state index in [2.05, 4.69) is 10.3 Å². The van der Waals surface area contributed by atoms with Crippen molar-refractivity contribution in [2.45, 2.75) is 18.6 Å². The lowest BCUT2D eigenvalue weighted by Gasteiger charge is -2.18. The average Bonchev–Trinajstić information content (AvgIpc) is 3.18. The quantitative estimate of drug-likeness (QED) is 0.527. The topological polar surface area (TPSA) is 81.1 Å². The van der Waals surface area contributed by atoms with Gasteiger partial charge in [-0.1, -0.05) is 36.0 Å². The minimum atomic E-state index is -0.208. The third-order valence-corrected chi connectivity index (χ3v) is 5.56. The number of carbonyl (C=O) groups excluding carboxylic acids is 3. The van der Waals surface area contributed by atoms with Gasteiger partial charge in [-0.25, -0.2) is 4.98 Å². The molecule has 0 spiro atoms. The summed E-state index contributed by atoms with van der Waals surface area (Å²) in [6.07, 6.45) is 3.57. The molecule has 0 radical (unpaired) electrons. The highest BCUT2D eigenvalue weighted by Gasteiger charge is 2.29. The Balaban J connectivity index is 1.51. The molecule has 1 aromatic heterocycles. The van der Waals surface area contributed by atoms with Gasteiger partial charge < -0.3 is 9.88 Å². The van der Waals surface area contributed by atoms with E-state index in [4.69, 9.17) is 0 Å². The predicted octanol–water partition coefficient (Wildman–Crippen LogP) is 3.41. The van der Waals surface area contributed by atoms with E-state index in [1.807, 2.05) is 17.7 Å². The van der Waals surface area contributed by atoms with Gasteiger partial charge in [0, 0.05) is 46.9 Å². The van der Waals surface area contributed by atoms with Crippen molar-refractivity contribution in [2.75, 3.05) is 11.1 Å². The van der Waals surface area contributed by atoms with Gasteiger partial charge in [0.05, 0.1) is 5.75 Å². The number of amides is 1. The van der Waals surface area contributed by atoms with E-state index in [0.717, 1.165) is 11.7 Å². The van der Waals surface area contributed by atoms with Crippen molar-refractivity contribution in [1.82, 2.24) is 9.55 Å². The van der Waals surface area contributed by atoms with Crippen LogP contribution in [0, 0.1) is 0 Å². The second kappa shape index (κ2) is 7.44. The zero-order valence-electron chi connectivity index (χ0n) is 15.1. The number of aromatic nitrogens is 2. The number of thioether (sulfide) groups is 1. The molecule has 0 atom stereocenters. The molecule has 140 valence electrons. The zero-order chi connectivity index (χ0) is 19.7. The Hall–Kier alpha value is -3.19. The smallest absolute Gasteiger partial charge is 0.234 e. The number of anilines is 1. The first-order valence-corrected chi connectivity index (χ1v) is 9.83. The summed E-state index contributed by atoms with van der Waals surface area (Å²) in [5.74, 6) is -0.389. The van der Waals surface area contributed by atoms with Crippen molar-refractivity contribution < 1.29 is 14.4 Å². The molecular weight excluding hydrogens is 374 g/mol. The van der Waals surface area contributed by atoms with Crippen LogP contribution in [0.2, 0.25) is 0 Å². The summed E-state index contributed by atoms with van der Waals surface area (Å²) in [6, 6.07) is 11.6. The summed E-state index contributed by atoms with van der Waals surface area (Å²) in [4.78, 5) is 41.9. The Morgan fingerprint density at radius 2 is 1.71 bits per heavy atom. The summed E-state index contributed by atoms with van der Waals surface area (Å²) < 4.78 is 1.96. The highest BCUT2D eigenvalue weighted by molar-refractivity contribution is 7.99. The van der Waals surface area contributed by atoms with Crippen LogP contribution in [-0.4, -0.2) is 32.8 Å². The van der Waals surface area contributed by atoms with Gasteiger partial charge in [0.1, 0.15) is 0 Å². The fraction of sp³-hybridized carbons (Fsp3) is 0.143. The number of ketones is 2. The monoisotopic (exact) mass is 391 g/mol. The third kappa shape index (κ3) is 3.25. The van der Waals surface area contributed by atoms with Crippen molar-refractivity contribution >= 4 is 34.9 Å². The molecule has 1 heterocycles. The lowest BCUT2D eigenvalue weighted by atomic mass is 9.84. The molecule has 2 aromatic carbocycles. The lowest BCUT2D eigenvalue weighted by Crippen LogP contribution is -2.21. The molecule has 7 heteroatoms. The molecule has 3 aromatic rings. The summed E-state index contributed by atoms with van der Waals surface area (Å²) in [5, 5.41) is 3.57. The number of aryl methyl sites for hydroxylation is 1. The summed E-state index contributed by atoms with van der Waals surface area (Å²) in [7, 11) is 0. The molecule has 0 aliphatic heterocycles. The molecule has 0 bridgehead atoms. The third-order valence-electron chi connectivity index (χ3n) is 4.56. The molecule has 6 nitrogen and oxygen atoms in total. The predicted molar refractivity (Wildman–Crippen MR) is 107 cm³/mol. The standard InChI is InChI=1S/C21H17N3O3S/c1-2-24-10-9-22-21(24)28-12-18(25)23-13-7-8-16-17(11-13)20(27)15-6-4-3-5-14(15)19(16)26/h3-11H,2,12H2,1H3,(H,23,25).